The standard InChI is InChI=1S/C18H33NO4/c1-5-9-19(6-2)11-15-12-22-18(23-15)8-7-14(10-16(18)21)17(3,4)13-20/h7,15-16,20-21H,5-6,8-13H2,1-4H3. The number of nitrogens with zero attached hydrogens (tertiary/aromatic N) is 1. The molecule has 0 aromatic heterocycles. The molecule has 0 radical (unpaired) electrons. The molecule has 3 atom stereocenters. The Balaban J connectivity index is 1.99. The van der Waals surface area contributed by atoms with Crippen molar-refractivity contribution in [2.75, 3.05) is 32.8 Å². The fourth-order valence-electron chi connectivity index (χ4n) is 3.44. The van der Waals surface area contributed by atoms with Crippen molar-refractivity contribution in [3.05, 3.63) is 11.6 Å². The Bertz CT molecular complexity index is 423. The van der Waals surface area contributed by atoms with Crippen molar-refractivity contribution in [3.63, 3.8) is 0 Å². The van der Waals surface area contributed by atoms with E-state index in [0.717, 1.165) is 31.6 Å². The van der Waals surface area contributed by atoms with E-state index in [-0.39, 0.29) is 18.1 Å². The summed E-state index contributed by atoms with van der Waals surface area (Å²) < 4.78 is 12.1. The monoisotopic (exact) mass is 327 g/mol. The van der Waals surface area contributed by atoms with Crippen LogP contribution in [0.2, 0.25) is 0 Å². The summed E-state index contributed by atoms with van der Waals surface area (Å²) in [7, 11) is 0. The zero-order valence-electron chi connectivity index (χ0n) is 15.0. The molecule has 1 aliphatic heterocycles. The third-order valence-corrected chi connectivity index (χ3v) is 5.15. The summed E-state index contributed by atoms with van der Waals surface area (Å²) in [4.78, 5) is 2.36. The van der Waals surface area contributed by atoms with Crippen LogP contribution in [-0.4, -0.2) is 66.0 Å². The number of hydrogen-bond acceptors (Lipinski definition) is 5. The van der Waals surface area contributed by atoms with Gasteiger partial charge in [-0.05, 0) is 19.5 Å². The predicted octanol–water partition coefficient (Wildman–Crippen LogP) is 1.93. The second-order valence-electron chi connectivity index (χ2n) is 7.45. The largest absolute Gasteiger partial charge is 0.395 e. The lowest BCUT2D eigenvalue weighted by molar-refractivity contribution is -0.230. The first-order chi connectivity index (χ1) is 10.9. The van der Waals surface area contributed by atoms with Gasteiger partial charge in [-0.25, -0.2) is 0 Å². The van der Waals surface area contributed by atoms with E-state index in [1.165, 1.54) is 0 Å². The molecule has 2 aliphatic rings. The molecular formula is C18H33NO4. The molecule has 0 saturated carbocycles. The number of ether oxygens (including phenoxy) is 2. The van der Waals surface area contributed by atoms with Crippen LogP contribution >= 0.6 is 0 Å². The second kappa shape index (κ2) is 7.62. The van der Waals surface area contributed by atoms with Gasteiger partial charge in [0.05, 0.1) is 19.3 Å². The highest BCUT2D eigenvalue weighted by molar-refractivity contribution is 5.19. The van der Waals surface area contributed by atoms with Crippen LogP contribution in [0.15, 0.2) is 11.6 Å². The number of aliphatic hydroxyl groups excluding tert-OH is 2. The maximum Gasteiger partial charge on any atom is 0.198 e. The fourth-order valence-corrected chi connectivity index (χ4v) is 3.44. The quantitative estimate of drug-likeness (QED) is 0.700. The van der Waals surface area contributed by atoms with Gasteiger partial charge in [0.2, 0.25) is 0 Å². The highest BCUT2D eigenvalue weighted by Crippen LogP contribution is 2.42. The molecule has 0 aromatic rings. The summed E-state index contributed by atoms with van der Waals surface area (Å²) in [6.45, 7) is 11.8. The Morgan fingerprint density at radius 1 is 1.39 bits per heavy atom. The molecule has 2 N–H and O–H groups in total. The minimum absolute atomic E-state index is 0.0111. The Morgan fingerprint density at radius 3 is 2.70 bits per heavy atom. The van der Waals surface area contributed by atoms with E-state index in [1.807, 2.05) is 13.8 Å². The van der Waals surface area contributed by atoms with E-state index < -0.39 is 11.9 Å². The van der Waals surface area contributed by atoms with Gasteiger partial charge in [0, 0.05) is 24.8 Å². The molecule has 1 saturated heterocycles. The smallest absolute Gasteiger partial charge is 0.198 e. The van der Waals surface area contributed by atoms with Crippen LogP contribution in [-0.2, 0) is 9.47 Å². The van der Waals surface area contributed by atoms with E-state index in [2.05, 4.69) is 24.8 Å². The van der Waals surface area contributed by atoms with Crippen molar-refractivity contribution in [2.24, 2.45) is 5.41 Å². The summed E-state index contributed by atoms with van der Waals surface area (Å²) in [6.07, 6.45) is 3.57. The maximum atomic E-state index is 10.6. The summed E-state index contributed by atoms with van der Waals surface area (Å²) in [5.41, 5.74) is 0.774. The van der Waals surface area contributed by atoms with Gasteiger partial charge in [0.25, 0.3) is 0 Å². The molecule has 0 aromatic carbocycles. The van der Waals surface area contributed by atoms with Crippen LogP contribution in [0.3, 0.4) is 0 Å². The van der Waals surface area contributed by atoms with Crippen LogP contribution in [0.4, 0.5) is 0 Å². The van der Waals surface area contributed by atoms with Gasteiger partial charge >= 0.3 is 0 Å². The molecule has 3 unspecified atom stereocenters. The predicted molar refractivity (Wildman–Crippen MR) is 90.2 cm³/mol. The summed E-state index contributed by atoms with van der Waals surface area (Å²) in [5, 5.41) is 20.1. The van der Waals surface area contributed by atoms with Gasteiger partial charge in [-0.15, -0.1) is 0 Å². The van der Waals surface area contributed by atoms with Gasteiger partial charge in [-0.1, -0.05) is 39.3 Å². The Hall–Kier alpha value is -0.460. The number of aliphatic hydroxyl groups is 2. The van der Waals surface area contributed by atoms with Crippen LogP contribution in [0, 0.1) is 5.41 Å². The molecule has 0 bridgehead atoms. The first kappa shape index (κ1) is 18.9. The molecule has 1 aliphatic carbocycles. The van der Waals surface area contributed by atoms with E-state index in [9.17, 15) is 10.2 Å². The average Bonchev–Trinajstić information content (AvgIpc) is 2.93. The molecule has 23 heavy (non-hydrogen) atoms. The fraction of sp³-hybridized carbons (Fsp3) is 0.889. The van der Waals surface area contributed by atoms with E-state index in [1.54, 1.807) is 0 Å². The minimum Gasteiger partial charge on any atom is -0.395 e. The topological polar surface area (TPSA) is 62.2 Å². The lowest BCUT2D eigenvalue weighted by Crippen LogP contribution is -2.48. The van der Waals surface area contributed by atoms with Crippen molar-refractivity contribution >= 4 is 0 Å². The van der Waals surface area contributed by atoms with Crippen LogP contribution in [0.25, 0.3) is 0 Å². The van der Waals surface area contributed by atoms with Crippen molar-refractivity contribution in [2.45, 2.75) is 65.0 Å². The zero-order valence-corrected chi connectivity index (χ0v) is 15.0. The van der Waals surface area contributed by atoms with E-state index >= 15 is 0 Å². The highest BCUT2D eigenvalue weighted by Gasteiger charge is 2.50. The van der Waals surface area contributed by atoms with Gasteiger partial charge in [0.1, 0.15) is 6.10 Å². The van der Waals surface area contributed by atoms with Crippen LogP contribution < -0.4 is 0 Å². The summed E-state index contributed by atoms with van der Waals surface area (Å²) in [5.74, 6) is -0.897. The van der Waals surface area contributed by atoms with Crippen molar-refractivity contribution in [1.29, 1.82) is 0 Å². The normalized spacial score (nSPS) is 31.9. The SMILES string of the molecule is CCCN(CC)CC1COC2(CC=C(C(C)(C)CO)CC2O)O1. The molecule has 1 spiro atoms. The Kier molecular flexibility index (Phi) is 6.25. The number of likely N-dealkylation sites (N-methyl/N-ethyl adjacent to an activating group) is 1. The summed E-state index contributed by atoms with van der Waals surface area (Å²) >= 11 is 0. The molecule has 5 heteroatoms. The Morgan fingerprint density at radius 2 is 2.13 bits per heavy atom. The van der Waals surface area contributed by atoms with Crippen LogP contribution in [0.5, 0.6) is 0 Å². The molecule has 5 nitrogen and oxygen atoms in total. The van der Waals surface area contributed by atoms with E-state index in [4.69, 9.17) is 9.47 Å². The lowest BCUT2D eigenvalue weighted by atomic mass is 9.76. The molecule has 134 valence electrons. The van der Waals surface area contributed by atoms with Gasteiger partial charge in [-0.3, -0.25) is 0 Å². The average molecular weight is 327 g/mol. The van der Waals surface area contributed by atoms with E-state index in [0.29, 0.717) is 19.4 Å². The first-order valence-corrected chi connectivity index (χ1v) is 8.89. The molecular weight excluding hydrogens is 294 g/mol. The van der Waals surface area contributed by atoms with Gasteiger partial charge in [0.15, 0.2) is 5.79 Å². The molecule has 1 heterocycles. The molecule has 2 rings (SSSR count). The molecule has 0 amide bonds. The van der Waals surface area contributed by atoms with Crippen molar-refractivity contribution in [1.82, 2.24) is 4.90 Å². The first-order valence-electron chi connectivity index (χ1n) is 8.89. The third kappa shape index (κ3) is 4.15. The maximum absolute atomic E-state index is 10.6. The third-order valence-electron chi connectivity index (χ3n) is 5.15. The Labute approximate surface area is 140 Å². The summed E-state index contributed by atoms with van der Waals surface area (Å²) in [6, 6.07) is 0. The minimum atomic E-state index is -0.897. The van der Waals surface area contributed by atoms with Gasteiger partial charge in [-0.2, -0.15) is 0 Å². The number of hydrogen-bond donors (Lipinski definition) is 2. The highest BCUT2D eigenvalue weighted by atomic mass is 16.8. The molecule has 1 fully saturated rings. The van der Waals surface area contributed by atoms with Crippen molar-refractivity contribution < 1.29 is 19.7 Å². The van der Waals surface area contributed by atoms with Crippen LogP contribution in [0.1, 0.15) is 47.0 Å². The van der Waals surface area contributed by atoms with Gasteiger partial charge < -0.3 is 24.6 Å². The van der Waals surface area contributed by atoms with Crippen molar-refractivity contribution in [3.8, 4) is 0 Å². The second-order valence-corrected chi connectivity index (χ2v) is 7.45. The number of rotatable bonds is 7. The lowest BCUT2D eigenvalue weighted by Gasteiger charge is -2.39. The zero-order chi connectivity index (χ0) is 17.1.